The Labute approximate surface area is 186 Å². The highest BCUT2D eigenvalue weighted by Crippen LogP contribution is 2.29. The fourth-order valence-corrected chi connectivity index (χ4v) is 3.63. The minimum atomic E-state index is -0.569. The first-order chi connectivity index (χ1) is 15.9. The van der Waals surface area contributed by atoms with Gasteiger partial charge in [-0.1, -0.05) is 6.08 Å². The van der Waals surface area contributed by atoms with Crippen LogP contribution in [-0.2, 0) is 9.47 Å². The quantitative estimate of drug-likeness (QED) is 0.359. The monoisotopic (exact) mass is 460 g/mol. The summed E-state index contributed by atoms with van der Waals surface area (Å²) in [5.41, 5.74) is 0.0705. The standard InChI is InChI=1S/C10H12N4O3.C10H12N2O4/c15-3-6-1-2-7(17-6)14-5-13-8-9(14)11-4-12-10(8)16;1-6-4-12(10(15)11-9(6)14)8-3-2-7(5-13)16-8/h4-7,15H,1-3H2,(H,11,12,16);2-4,7-8,13H,5H2,1H3,(H,11,14,15)/t6-,7+;7-,8+/m00/s1. The summed E-state index contributed by atoms with van der Waals surface area (Å²) in [5, 5.41) is 17.9. The van der Waals surface area contributed by atoms with Gasteiger partial charge in [0, 0.05) is 11.8 Å². The molecule has 5 heterocycles. The highest BCUT2D eigenvalue weighted by Gasteiger charge is 2.27. The average molecular weight is 460 g/mol. The molecule has 0 aliphatic carbocycles. The maximum absolute atomic E-state index is 11.5. The summed E-state index contributed by atoms with van der Waals surface area (Å²) < 4.78 is 14.0. The third kappa shape index (κ3) is 4.71. The molecule has 3 aromatic heterocycles. The lowest BCUT2D eigenvalue weighted by molar-refractivity contribution is -0.0207. The second-order valence-electron chi connectivity index (χ2n) is 7.64. The van der Waals surface area contributed by atoms with E-state index in [1.807, 2.05) is 0 Å². The van der Waals surface area contributed by atoms with Crippen LogP contribution < -0.4 is 16.8 Å². The van der Waals surface area contributed by atoms with Crippen molar-refractivity contribution >= 4 is 11.2 Å². The molecular formula is C20H24N6O7. The molecule has 0 amide bonds. The number of ether oxygens (including phenoxy) is 2. The van der Waals surface area contributed by atoms with Crippen molar-refractivity contribution in [1.82, 2.24) is 29.1 Å². The summed E-state index contributed by atoms with van der Waals surface area (Å²) >= 11 is 0. The molecule has 1 saturated heterocycles. The minimum absolute atomic E-state index is 0.0111. The summed E-state index contributed by atoms with van der Waals surface area (Å²) in [6, 6.07) is 0. The number of hydrogen-bond donors (Lipinski definition) is 4. The van der Waals surface area contributed by atoms with Crippen LogP contribution in [0.15, 0.2) is 45.4 Å². The second kappa shape index (κ2) is 9.62. The Kier molecular flexibility index (Phi) is 6.65. The Balaban J connectivity index is 0.000000157. The number of aromatic nitrogens is 6. The van der Waals surface area contributed by atoms with Crippen LogP contribution in [-0.4, -0.2) is 64.7 Å². The lowest BCUT2D eigenvalue weighted by Gasteiger charge is -2.14. The van der Waals surface area contributed by atoms with Gasteiger partial charge in [0.2, 0.25) is 0 Å². The highest BCUT2D eigenvalue weighted by atomic mass is 16.5. The molecule has 3 aromatic rings. The van der Waals surface area contributed by atoms with E-state index in [9.17, 15) is 14.4 Å². The molecule has 2 aliphatic heterocycles. The zero-order chi connectivity index (χ0) is 23.5. The molecule has 2 aliphatic rings. The number of imidazole rings is 1. The molecular weight excluding hydrogens is 436 g/mol. The maximum atomic E-state index is 11.5. The van der Waals surface area contributed by atoms with E-state index in [2.05, 4.69) is 19.9 Å². The van der Waals surface area contributed by atoms with Crippen LogP contribution in [0.4, 0.5) is 0 Å². The van der Waals surface area contributed by atoms with Crippen molar-refractivity contribution in [1.29, 1.82) is 0 Å². The third-order valence-corrected chi connectivity index (χ3v) is 5.37. The van der Waals surface area contributed by atoms with Gasteiger partial charge in [0.1, 0.15) is 12.3 Å². The summed E-state index contributed by atoms with van der Waals surface area (Å²) in [6.45, 7) is 1.48. The van der Waals surface area contributed by atoms with E-state index >= 15 is 0 Å². The molecule has 4 N–H and O–H groups in total. The summed E-state index contributed by atoms with van der Waals surface area (Å²) in [5.74, 6) is 0. The fraction of sp³-hybridized carbons (Fsp3) is 0.450. The highest BCUT2D eigenvalue weighted by molar-refractivity contribution is 5.68. The van der Waals surface area contributed by atoms with E-state index in [0.717, 1.165) is 12.8 Å². The molecule has 176 valence electrons. The van der Waals surface area contributed by atoms with Gasteiger partial charge in [0.15, 0.2) is 17.4 Å². The van der Waals surface area contributed by atoms with Gasteiger partial charge in [-0.15, -0.1) is 0 Å². The van der Waals surface area contributed by atoms with Crippen LogP contribution in [0.5, 0.6) is 0 Å². The summed E-state index contributed by atoms with van der Waals surface area (Å²) in [6.07, 6.45) is 7.96. The second-order valence-corrected chi connectivity index (χ2v) is 7.64. The minimum Gasteiger partial charge on any atom is -0.394 e. The molecule has 0 spiro atoms. The van der Waals surface area contributed by atoms with Gasteiger partial charge in [-0.05, 0) is 25.8 Å². The van der Waals surface area contributed by atoms with Crippen molar-refractivity contribution < 1.29 is 19.7 Å². The van der Waals surface area contributed by atoms with Crippen LogP contribution >= 0.6 is 0 Å². The SMILES string of the molecule is Cc1cn([C@H]2C=C[C@@H](CO)O2)c(=O)[nH]c1=O.O=c1[nH]cnc2c1ncn2[C@H]1CC[C@@H](CO)O1. The van der Waals surface area contributed by atoms with Crippen LogP contribution in [0.3, 0.4) is 0 Å². The summed E-state index contributed by atoms with van der Waals surface area (Å²) in [7, 11) is 0. The van der Waals surface area contributed by atoms with Crippen molar-refractivity contribution in [3.63, 3.8) is 0 Å². The van der Waals surface area contributed by atoms with Crippen molar-refractivity contribution in [2.75, 3.05) is 13.2 Å². The first-order valence-electron chi connectivity index (χ1n) is 10.3. The largest absolute Gasteiger partial charge is 0.394 e. The van der Waals surface area contributed by atoms with Crippen LogP contribution in [0, 0.1) is 6.92 Å². The van der Waals surface area contributed by atoms with Gasteiger partial charge < -0.3 is 24.7 Å². The van der Waals surface area contributed by atoms with Gasteiger partial charge in [0.05, 0.1) is 32.0 Å². The van der Waals surface area contributed by atoms with E-state index in [0.29, 0.717) is 16.7 Å². The molecule has 0 bridgehead atoms. The smallest absolute Gasteiger partial charge is 0.330 e. The number of aliphatic hydroxyl groups is 2. The van der Waals surface area contributed by atoms with Gasteiger partial charge >= 0.3 is 5.69 Å². The fourth-order valence-electron chi connectivity index (χ4n) is 3.63. The van der Waals surface area contributed by atoms with E-state index in [1.54, 1.807) is 30.0 Å². The molecule has 0 aromatic carbocycles. The molecule has 0 radical (unpaired) electrons. The van der Waals surface area contributed by atoms with Crippen LogP contribution in [0.1, 0.15) is 30.9 Å². The number of aliphatic hydroxyl groups excluding tert-OH is 2. The van der Waals surface area contributed by atoms with Crippen LogP contribution in [0.2, 0.25) is 0 Å². The zero-order valence-corrected chi connectivity index (χ0v) is 17.7. The molecule has 4 atom stereocenters. The molecule has 0 unspecified atom stereocenters. The van der Waals surface area contributed by atoms with Crippen molar-refractivity contribution in [3.05, 3.63) is 67.8 Å². The van der Waals surface area contributed by atoms with Crippen molar-refractivity contribution in [2.24, 2.45) is 0 Å². The lowest BCUT2D eigenvalue weighted by Crippen LogP contribution is -2.33. The predicted molar refractivity (Wildman–Crippen MR) is 115 cm³/mol. The number of nitrogens with zero attached hydrogens (tertiary/aromatic N) is 4. The predicted octanol–water partition coefficient (Wildman–Crippen LogP) is -0.920. The molecule has 33 heavy (non-hydrogen) atoms. The first kappa shape index (κ1) is 22.8. The molecule has 1 fully saturated rings. The molecule has 13 nitrogen and oxygen atoms in total. The average Bonchev–Trinajstić information content (AvgIpc) is 3.56. The lowest BCUT2D eigenvalue weighted by atomic mass is 10.2. The Hall–Kier alpha value is -3.39. The molecule has 0 saturated carbocycles. The Bertz CT molecular complexity index is 1320. The number of hydrogen-bond acceptors (Lipinski definition) is 9. The van der Waals surface area contributed by atoms with E-state index in [-0.39, 0.29) is 31.1 Å². The number of fused-ring (bicyclic) bond motifs is 1. The third-order valence-electron chi connectivity index (χ3n) is 5.37. The van der Waals surface area contributed by atoms with Crippen LogP contribution in [0.25, 0.3) is 11.2 Å². The molecule has 13 heteroatoms. The number of nitrogens with one attached hydrogen (secondary N) is 2. The van der Waals surface area contributed by atoms with E-state index in [1.165, 1.54) is 17.1 Å². The Morgan fingerprint density at radius 2 is 1.88 bits per heavy atom. The number of aromatic amines is 2. The zero-order valence-electron chi connectivity index (χ0n) is 17.7. The topological polar surface area (TPSA) is 177 Å². The first-order valence-corrected chi connectivity index (χ1v) is 10.3. The van der Waals surface area contributed by atoms with E-state index in [4.69, 9.17) is 19.7 Å². The number of aryl methyl sites for hydroxylation is 1. The van der Waals surface area contributed by atoms with Gasteiger partial charge in [-0.2, -0.15) is 0 Å². The normalized spacial score (nSPS) is 24.2. The van der Waals surface area contributed by atoms with Gasteiger partial charge in [0.25, 0.3) is 11.1 Å². The number of H-pyrrole nitrogens is 2. The maximum Gasteiger partial charge on any atom is 0.330 e. The summed E-state index contributed by atoms with van der Waals surface area (Å²) in [4.78, 5) is 46.9. The van der Waals surface area contributed by atoms with Gasteiger partial charge in [-0.3, -0.25) is 23.7 Å². The van der Waals surface area contributed by atoms with Crippen molar-refractivity contribution in [2.45, 2.75) is 44.4 Å². The van der Waals surface area contributed by atoms with E-state index < -0.39 is 23.6 Å². The Morgan fingerprint density at radius 1 is 1.06 bits per heavy atom. The van der Waals surface area contributed by atoms with Gasteiger partial charge in [-0.25, -0.2) is 14.8 Å². The Morgan fingerprint density at radius 3 is 2.58 bits per heavy atom. The van der Waals surface area contributed by atoms with Crippen molar-refractivity contribution in [3.8, 4) is 0 Å². The number of rotatable bonds is 4. The molecule has 5 rings (SSSR count).